The van der Waals surface area contributed by atoms with Crippen molar-refractivity contribution in [1.29, 1.82) is 0 Å². The number of rotatable bonds is 2. The molecule has 1 N–H and O–H groups in total. The van der Waals surface area contributed by atoms with Gasteiger partial charge in [-0.3, -0.25) is 9.48 Å². The number of carbonyl (C=O) groups excluding carboxylic acids is 1. The number of hydrogen-bond acceptors (Lipinski definition) is 4. The van der Waals surface area contributed by atoms with Gasteiger partial charge in [0, 0.05) is 37.2 Å². The summed E-state index contributed by atoms with van der Waals surface area (Å²) in [7, 11) is 0. The van der Waals surface area contributed by atoms with Gasteiger partial charge >= 0.3 is 0 Å². The Balaban J connectivity index is 1.75. The first kappa shape index (κ1) is 12.8. The Morgan fingerprint density at radius 1 is 1.23 bits per heavy atom. The van der Waals surface area contributed by atoms with E-state index in [1.54, 1.807) is 21.8 Å². The highest BCUT2D eigenvalue weighted by Crippen LogP contribution is 2.21. The first-order valence-corrected chi connectivity index (χ1v) is 7.14. The molecule has 0 radical (unpaired) electrons. The summed E-state index contributed by atoms with van der Waals surface area (Å²) in [6.07, 6.45) is 6.14. The maximum absolute atomic E-state index is 12.0. The van der Waals surface area contributed by atoms with Crippen LogP contribution in [0.4, 0.5) is 0 Å². The molecule has 22 heavy (non-hydrogen) atoms. The molecule has 1 aliphatic heterocycles. The van der Waals surface area contributed by atoms with Crippen LogP contribution < -0.4 is 5.32 Å². The molecule has 0 atom stereocenters. The van der Waals surface area contributed by atoms with E-state index in [0.717, 1.165) is 30.0 Å². The lowest BCUT2D eigenvalue weighted by molar-refractivity contribution is 0.0950. The molecule has 0 saturated carbocycles. The molecule has 110 valence electrons. The summed E-state index contributed by atoms with van der Waals surface area (Å²) < 4.78 is 3.46. The van der Waals surface area contributed by atoms with Crippen LogP contribution in [0, 0.1) is 0 Å². The van der Waals surface area contributed by atoms with Crippen LogP contribution in [0.1, 0.15) is 16.9 Å². The zero-order valence-electron chi connectivity index (χ0n) is 11.8. The summed E-state index contributed by atoms with van der Waals surface area (Å²) in [6, 6.07) is 7.46. The fourth-order valence-electron chi connectivity index (χ4n) is 2.54. The molecule has 0 spiro atoms. The number of amides is 1. The van der Waals surface area contributed by atoms with Crippen LogP contribution in [0.15, 0.2) is 42.9 Å². The maximum atomic E-state index is 12.0. The van der Waals surface area contributed by atoms with E-state index in [1.165, 1.54) is 0 Å². The third kappa shape index (κ3) is 2.16. The van der Waals surface area contributed by atoms with Crippen molar-refractivity contribution in [3.05, 3.63) is 48.5 Å². The third-order valence-electron chi connectivity index (χ3n) is 3.63. The van der Waals surface area contributed by atoms with E-state index in [1.807, 2.05) is 30.5 Å². The Bertz CT molecular complexity index is 820. The maximum Gasteiger partial charge on any atom is 0.269 e. The second-order valence-electron chi connectivity index (χ2n) is 5.10. The molecule has 4 heterocycles. The Kier molecular flexibility index (Phi) is 2.96. The molecule has 0 aromatic carbocycles. The number of carbonyl (C=O) groups is 1. The van der Waals surface area contributed by atoms with Crippen LogP contribution in [0.2, 0.25) is 0 Å². The van der Waals surface area contributed by atoms with Crippen LogP contribution in [0.3, 0.4) is 0 Å². The first-order chi connectivity index (χ1) is 10.8. The molecular weight excluding hydrogens is 280 g/mol. The third-order valence-corrected chi connectivity index (χ3v) is 3.63. The van der Waals surface area contributed by atoms with Crippen molar-refractivity contribution in [2.24, 2.45) is 0 Å². The van der Waals surface area contributed by atoms with Crippen molar-refractivity contribution in [2.45, 2.75) is 13.0 Å². The summed E-state index contributed by atoms with van der Waals surface area (Å²) in [4.78, 5) is 16.3. The van der Waals surface area contributed by atoms with E-state index in [9.17, 15) is 4.79 Å². The zero-order valence-corrected chi connectivity index (χ0v) is 11.8. The topological polar surface area (TPSA) is 77.6 Å². The molecule has 1 amide bonds. The largest absolute Gasteiger partial charge is 0.351 e. The summed E-state index contributed by atoms with van der Waals surface area (Å²) in [5.41, 5.74) is 2.28. The van der Waals surface area contributed by atoms with Crippen LogP contribution in [-0.4, -0.2) is 37.0 Å². The van der Waals surface area contributed by atoms with E-state index in [4.69, 9.17) is 0 Å². The van der Waals surface area contributed by atoms with Gasteiger partial charge in [-0.2, -0.15) is 10.2 Å². The van der Waals surface area contributed by atoms with E-state index < -0.39 is 0 Å². The molecule has 7 nitrogen and oxygen atoms in total. The lowest BCUT2D eigenvalue weighted by atomic mass is 10.2. The summed E-state index contributed by atoms with van der Waals surface area (Å²) >= 11 is 0. The molecule has 0 fully saturated rings. The number of aryl methyl sites for hydroxylation is 1. The SMILES string of the molecule is O=C1NCCCn2nc(-c3ccnc(-n4cccn4)c3)cc21. The van der Waals surface area contributed by atoms with E-state index in [2.05, 4.69) is 20.5 Å². The Labute approximate surface area is 126 Å². The molecule has 4 rings (SSSR count). The van der Waals surface area contributed by atoms with Crippen LogP contribution in [0.25, 0.3) is 17.1 Å². The summed E-state index contributed by atoms with van der Waals surface area (Å²) in [6.45, 7) is 1.43. The van der Waals surface area contributed by atoms with Gasteiger partial charge in [-0.1, -0.05) is 0 Å². The van der Waals surface area contributed by atoms with E-state index in [-0.39, 0.29) is 5.91 Å². The number of nitrogens with zero attached hydrogens (tertiary/aromatic N) is 5. The molecule has 0 bridgehead atoms. The van der Waals surface area contributed by atoms with Gasteiger partial charge in [0.25, 0.3) is 5.91 Å². The summed E-state index contributed by atoms with van der Waals surface area (Å²) in [5.74, 6) is 0.646. The van der Waals surface area contributed by atoms with Crippen molar-refractivity contribution >= 4 is 5.91 Å². The molecule has 7 heteroatoms. The molecule has 3 aromatic rings. The average molecular weight is 294 g/mol. The minimum atomic E-state index is -0.0717. The lowest BCUT2D eigenvalue weighted by Crippen LogP contribution is -2.22. The van der Waals surface area contributed by atoms with Crippen molar-refractivity contribution in [3.8, 4) is 17.1 Å². The highest BCUT2D eigenvalue weighted by molar-refractivity contribution is 5.93. The van der Waals surface area contributed by atoms with Gasteiger partial charge in [-0.15, -0.1) is 0 Å². The highest BCUT2D eigenvalue weighted by atomic mass is 16.2. The number of fused-ring (bicyclic) bond motifs is 1. The van der Waals surface area contributed by atoms with Crippen molar-refractivity contribution in [2.75, 3.05) is 6.54 Å². The number of hydrogen-bond donors (Lipinski definition) is 1. The number of aromatic nitrogens is 5. The Morgan fingerprint density at radius 2 is 2.18 bits per heavy atom. The normalized spacial score (nSPS) is 14.3. The molecule has 0 saturated heterocycles. The fraction of sp³-hybridized carbons (Fsp3) is 0.200. The quantitative estimate of drug-likeness (QED) is 0.772. The highest BCUT2D eigenvalue weighted by Gasteiger charge is 2.18. The van der Waals surface area contributed by atoms with Crippen molar-refractivity contribution < 1.29 is 4.79 Å². The second-order valence-corrected chi connectivity index (χ2v) is 5.10. The predicted octanol–water partition coefficient (Wildman–Crippen LogP) is 1.26. The molecular formula is C15H14N6O. The first-order valence-electron chi connectivity index (χ1n) is 7.14. The van der Waals surface area contributed by atoms with Gasteiger partial charge in [-0.05, 0) is 30.7 Å². The predicted molar refractivity (Wildman–Crippen MR) is 79.5 cm³/mol. The van der Waals surface area contributed by atoms with Gasteiger partial charge in [0.1, 0.15) is 5.69 Å². The van der Waals surface area contributed by atoms with Gasteiger partial charge in [-0.25, -0.2) is 9.67 Å². The average Bonchev–Trinajstić information content (AvgIpc) is 3.19. The van der Waals surface area contributed by atoms with Crippen molar-refractivity contribution in [3.63, 3.8) is 0 Å². The van der Waals surface area contributed by atoms with E-state index >= 15 is 0 Å². The second kappa shape index (κ2) is 5.10. The minimum Gasteiger partial charge on any atom is -0.351 e. The molecule has 1 aliphatic rings. The van der Waals surface area contributed by atoms with Gasteiger partial charge < -0.3 is 5.32 Å². The van der Waals surface area contributed by atoms with Crippen LogP contribution in [0.5, 0.6) is 0 Å². The number of pyridine rings is 1. The van der Waals surface area contributed by atoms with Gasteiger partial charge in [0.2, 0.25) is 0 Å². The molecule has 0 aliphatic carbocycles. The van der Waals surface area contributed by atoms with Gasteiger partial charge in [0.15, 0.2) is 5.82 Å². The van der Waals surface area contributed by atoms with Gasteiger partial charge in [0.05, 0.1) is 5.69 Å². The molecule has 0 unspecified atom stereocenters. The van der Waals surface area contributed by atoms with Crippen molar-refractivity contribution in [1.82, 2.24) is 29.9 Å². The monoisotopic (exact) mass is 294 g/mol. The number of nitrogens with one attached hydrogen (secondary N) is 1. The smallest absolute Gasteiger partial charge is 0.269 e. The summed E-state index contributed by atoms with van der Waals surface area (Å²) in [5, 5.41) is 11.6. The van der Waals surface area contributed by atoms with Crippen LogP contribution >= 0.6 is 0 Å². The standard InChI is InChI=1S/C15H14N6O/c22-15-13-10-12(19-20(13)7-1-4-17-15)11-3-6-16-14(9-11)21-8-2-5-18-21/h2-3,5-6,8-10H,1,4,7H2,(H,17,22). The lowest BCUT2D eigenvalue weighted by Gasteiger charge is -2.02. The van der Waals surface area contributed by atoms with Crippen LogP contribution in [-0.2, 0) is 6.54 Å². The fourth-order valence-corrected chi connectivity index (χ4v) is 2.54. The molecule has 3 aromatic heterocycles. The zero-order chi connectivity index (χ0) is 14.9. The Hall–Kier alpha value is -2.96. The Morgan fingerprint density at radius 3 is 3.05 bits per heavy atom. The van der Waals surface area contributed by atoms with E-state index in [0.29, 0.717) is 12.2 Å². The minimum absolute atomic E-state index is 0.0717.